The molecule has 2 aromatic carbocycles. The zero-order valence-corrected chi connectivity index (χ0v) is 16.4. The molecule has 0 amide bonds. The second kappa shape index (κ2) is 7.47. The molecule has 142 valence electrons. The Labute approximate surface area is 162 Å². The van der Waals surface area contributed by atoms with Crippen LogP contribution in [0.4, 0.5) is 0 Å². The van der Waals surface area contributed by atoms with Gasteiger partial charge in [-0.25, -0.2) is 0 Å². The zero-order chi connectivity index (χ0) is 18.9. The molecule has 2 unspecified atom stereocenters. The Bertz CT molecular complexity index is 793. The molecule has 3 heteroatoms. The van der Waals surface area contributed by atoms with Gasteiger partial charge in [0.2, 0.25) is 0 Å². The average molecular weight is 364 g/mol. The van der Waals surface area contributed by atoms with Crippen molar-refractivity contribution in [2.45, 2.75) is 57.1 Å². The van der Waals surface area contributed by atoms with Gasteiger partial charge in [-0.2, -0.15) is 0 Å². The van der Waals surface area contributed by atoms with E-state index in [1.54, 1.807) is 0 Å². The highest BCUT2D eigenvalue weighted by Gasteiger charge is 2.43. The lowest BCUT2D eigenvalue weighted by Crippen LogP contribution is -2.49. The van der Waals surface area contributed by atoms with Crippen molar-refractivity contribution in [1.29, 1.82) is 0 Å². The summed E-state index contributed by atoms with van der Waals surface area (Å²) in [5.41, 5.74) is 3.65. The van der Waals surface area contributed by atoms with E-state index < -0.39 is 5.60 Å². The van der Waals surface area contributed by atoms with Gasteiger partial charge in [-0.15, -0.1) is 0 Å². The van der Waals surface area contributed by atoms with Crippen LogP contribution in [0.5, 0.6) is 0 Å². The van der Waals surface area contributed by atoms with Crippen LogP contribution in [-0.4, -0.2) is 30.0 Å². The first kappa shape index (κ1) is 18.2. The Morgan fingerprint density at radius 1 is 1.07 bits per heavy atom. The second-order valence-corrected chi connectivity index (χ2v) is 7.98. The monoisotopic (exact) mass is 363 g/mol. The number of hydrogen-bond acceptors (Lipinski definition) is 3. The van der Waals surface area contributed by atoms with Crippen LogP contribution in [0.1, 0.15) is 55.7 Å². The van der Waals surface area contributed by atoms with Crippen LogP contribution < -0.4 is 0 Å². The SMILES string of the molecule is CCC(=O)OC1(c2ccccc2)CCN(C2Cc3ccccc3C2C)CC1. The van der Waals surface area contributed by atoms with Crippen LogP contribution in [0.2, 0.25) is 0 Å². The van der Waals surface area contributed by atoms with Gasteiger partial charge in [0.1, 0.15) is 5.60 Å². The summed E-state index contributed by atoms with van der Waals surface area (Å²) in [4.78, 5) is 14.8. The number of carbonyl (C=O) groups excluding carboxylic acids is 1. The number of ether oxygens (including phenoxy) is 1. The summed E-state index contributed by atoms with van der Waals surface area (Å²) < 4.78 is 6.05. The topological polar surface area (TPSA) is 29.5 Å². The van der Waals surface area contributed by atoms with Gasteiger partial charge in [-0.1, -0.05) is 68.4 Å². The maximum Gasteiger partial charge on any atom is 0.306 e. The van der Waals surface area contributed by atoms with Crippen molar-refractivity contribution in [2.75, 3.05) is 13.1 Å². The molecule has 2 atom stereocenters. The van der Waals surface area contributed by atoms with E-state index in [2.05, 4.69) is 48.2 Å². The standard InChI is InChI=1S/C24H29NO2/c1-3-23(26)27-24(20-10-5-4-6-11-20)13-15-25(16-14-24)22-17-19-9-7-8-12-21(19)18(22)2/h4-12,18,22H,3,13-17H2,1-2H3. The average Bonchev–Trinajstić information content (AvgIpc) is 3.06. The van der Waals surface area contributed by atoms with Crippen molar-refractivity contribution < 1.29 is 9.53 Å². The predicted octanol–water partition coefficient (Wildman–Crippen LogP) is 4.66. The fourth-order valence-corrected chi connectivity index (χ4v) is 4.92. The van der Waals surface area contributed by atoms with Crippen LogP contribution in [0.25, 0.3) is 0 Å². The van der Waals surface area contributed by atoms with Crippen molar-refractivity contribution in [2.24, 2.45) is 0 Å². The quantitative estimate of drug-likeness (QED) is 0.740. The van der Waals surface area contributed by atoms with Crippen molar-refractivity contribution in [3.63, 3.8) is 0 Å². The molecule has 2 aliphatic rings. The number of carbonyl (C=O) groups is 1. The van der Waals surface area contributed by atoms with E-state index in [4.69, 9.17) is 4.74 Å². The summed E-state index contributed by atoms with van der Waals surface area (Å²) in [5, 5.41) is 0. The van der Waals surface area contributed by atoms with Gasteiger partial charge in [0, 0.05) is 38.4 Å². The van der Waals surface area contributed by atoms with Crippen molar-refractivity contribution in [3.8, 4) is 0 Å². The first-order valence-electron chi connectivity index (χ1n) is 10.2. The molecule has 0 saturated carbocycles. The fourth-order valence-electron chi connectivity index (χ4n) is 4.92. The summed E-state index contributed by atoms with van der Waals surface area (Å²) in [5.74, 6) is 0.456. The first-order chi connectivity index (χ1) is 13.1. The molecule has 0 aromatic heterocycles. The van der Waals surface area contributed by atoms with E-state index in [1.165, 1.54) is 11.1 Å². The molecule has 1 aliphatic carbocycles. The largest absolute Gasteiger partial charge is 0.454 e. The Hall–Kier alpha value is -2.13. The van der Waals surface area contributed by atoms with Gasteiger partial charge < -0.3 is 4.74 Å². The van der Waals surface area contributed by atoms with Crippen LogP contribution in [-0.2, 0) is 21.6 Å². The molecule has 0 spiro atoms. The van der Waals surface area contributed by atoms with Gasteiger partial charge in [0.05, 0.1) is 0 Å². The Morgan fingerprint density at radius 2 is 1.74 bits per heavy atom. The highest BCUT2D eigenvalue weighted by Crippen LogP contribution is 2.42. The second-order valence-electron chi connectivity index (χ2n) is 7.98. The first-order valence-corrected chi connectivity index (χ1v) is 10.2. The number of nitrogens with zero attached hydrogens (tertiary/aromatic N) is 1. The van der Waals surface area contributed by atoms with Crippen LogP contribution in [0.15, 0.2) is 54.6 Å². The van der Waals surface area contributed by atoms with Crippen molar-refractivity contribution in [3.05, 3.63) is 71.3 Å². The summed E-state index contributed by atoms with van der Waals surface area (Å²) >= 11 is 0. The maximum atomic E-state index is 12.2. The zero-order valence-electron chi connectivity index (χ0n) is 16.4. The van der Waals surface area contributed by atoms with E-state index in [9.17, 15) is 4.79 Å². The third kappa shape index (κ3) is 3.41. The number of fused-ring (bicyclic) bond motifs is 1. The highest BCUT2D eigenvalue weighted by molar-refractivity contribution is 5.69. The third-order valence-corrected chi connectivity index (χ3v) is 6.52. The van der Waals surface area contributed by atoms with Gasteiger partial charge in [-0.05, 0) is 29.0 Å². The van der Waals surface area contributed by atoms with Gasteiger partial charge >= 0.3 is 5.97 Å². The molecule has 0 radical (unpaired) electrons. The fraction of sp³-hybridized carbons (Fsp3) is 0.458. The van der Waals surface area contributed by atoms with E-state index in [-0.39, 0.29) is 5.97 Å². The number of esters is 1. The molecule has 1 saturated heterocycles. The molecule has 2 aromatic rings. The number of benzene rings is 2. The third-order valence-electron chi connectivity index (χ3n) is 6.52. The Morgan fingerprint density at radius 3 is 2.41 bits per heavy atom. The van der Waals surface area contributed by atoms with E-state index in [0.717, 1.165) is 37.9 Å². The normalized spacial score (nSPS) is 24.4. The molecular weight excluding hydrogens is 334 g/mol. The molecule has 27 heavy (non-hydrogen) atoms. The van der Waals surface area contributed by atoms with E-state index in [0.29, 0.717) is 18.4 Å². The molecule has 3 nitrogen and oxygen atoms in total. The maximum absolute atomic E-state index is 12.2. The number of hydrogen-bond donors (Lipinski definition) is 0. The molecular formula is C24H29NO2. The molecule has 1 heterocycles. The number of rotatable bonds is 4. The smallest absolute Gasteiger partial charge is 0.306 e. The Balaban J connectivity index is 1.51. The number of likely N-dealkylation sites (tertiary alicyclic amines) is 1. The highest BCUT2D eigenvalue weighted by atomic mass is 16.6. The van der Waals surface area contributed by atoms with E-state index in [1.807, 2.05) is 25.1 Å². The summed E-state index contributed by atoms with van der Waals surface area (Å²) in [6.07, 6.45) is 3.28. The lowest BCUT2D eigenvalue weighted by molar-refractivity contribution is -0.167. The summed E-state index contributed by atoms with van der Waals surface area (Å²) in [7, 11) is 0. The summed E-state index contributed by atoms with van der Waals surface area (Å²) in [6, 6.07) is 19.7. The van der Waals surface area contributed by atoms with Gasteiger partial charge in [-0.3, -0.25) is 9.69 Å². The van der Waals surface area contributed by atoms with Crippen LogP contribution >= 0.6 is 0 Å². The minimum Gasteiger partial charge on any atom is -0.454 e. The van der Waals surface area contributed by atoms with Gasteiger partial charge in [0.15, 0.2) is 0 Å². The molecule has 4 rings (SSSR count). The van der Waals surface area contributed by atoms with Crippen LogP contribution in [0.3, 0.4) is 0 Å². The molecule has 1 aliphatic heterocycles. The number of piperidine rings is 1. The molecule has 1 fully saturated rings. The van der Waals surface area contributed by atoms with Crippen molar-refractivity contribution in [1.82, 2.24) is 4.90 Å². The Kier molecular flexibility index (Phi) is 5.05. The van der Waals surface area contributed by atoms with Crippen molar-refractivity contribution >= 4 is 5.97 Å². The molecule has 0 bridgehead atoms. The minimum atomic E-state index is -0.473. The van der Waals surface area contributed by atoms with Crippen LogP contribution in [0, 0.1) is 0 Å². The lowest BCUT2D eigenvalue weighted by atomic mass is 9.83. The van der Waals surface area contributed by atoms with E-state index >= 15 is 0 Å². The lowest BCUT2D eigenvalue weighted by Gasteiger charge is -2.44. The predicted molar refractivity (Wildman–Crippen MR) is 108 cm³/mol. The minimum absolute atomic E-state index is 0.103. The summed E-state index contributed by atoms with van der Waals surface area (Å²) in [6.45, 7) is 6.16. The molecule has 0 N–H and O–H groups in total. The van der Waals surface area contributed by atoms with Gasteiger partial charge in [0.25, 0.3) is 0 Å².